The van der Waals surface area contributed by atoms with Crippen molar-refractivity contribution >= 4 is 75.4 Å². The zero-order valence-corrected chi connectivity index (χ0v) is 11.7. The average molecular weight is 295 g/mol. The molecule has 0 rings (SSSR count). The van der Waals surface area contributed by atoms with Gasteiger partial charge in [-0.2, -0.15) is 0 Å². The van der Waals surface area contributed by atoms with E-state index in [4.69, 9.17) is 0 Å². The molecule has 0 unspecified atom stereocenters. The molecule has 68 valence electrons. The van der Waals surface area contributed by atoms with Crippen LogP contribution in [0.25, 0.3) is 0 Å². The molecule has 0 radical (unpaired) electrons. The third-order valence-electron chi connectivity index (χ3n) is 0.428. The molecule has 0 saturated carbocycles. The SMILES string of the molecule is CNC(=S)S.CNC(=S)S.[SeH2]. The van der Waals surface area contributed by atoms with Crippen molar-refractivity contribution in [2.45, 2.75) is 0 Å². The number of nitrogens with one attached hydrogen (secondary N) is 2. The molecule has 0 spiro atoms. The van der Waals surface area contributed by atoms with Crippen molar-refractivity contribution in [1.82, 2.24) is 10.6 Å². The molecule has 0 aromatic heterocycles. The third kappa shape index (κ3) is 35.6. The van der Waals surface area contributed by atoms with E-state index < -0.39 is 0 Å². The van der Waals surface area contributed by atoms with Crippen LogP contribution in [0.5, 0.6) is 0 Å². The molecule has 0 aliphatic carbocycles. The summed E-state index contributed by atoms with van der Waals surface area (Å²) < 4.78 is 1.06. The minimum atomic E-state index is 0. The van der Waals surface area contributed by atoms with E-state index in [1.165, 1.54) is 0 Å². The molecule has 0 aliphatic rings. The van der Waals surface area contributed by atoms with Gasteiger partial charge in [0.25, 0.3) is 0 Å². The van der Waals surface area contributed by atoms with Crippen LogP contribution in [0.3, 0.4) is 0 Å². The van der Waals surface area contributed by atoms with Crippen LogP contribution < -0.4 is 10.6 Å². The van der Waals surface area contributed by atoms with E-state index in [1.807, 2.05) is 0 Å². The van der Waals surface area contributed by atoms with Gasteiger partial charge in [-0.1, -0.05) is 24.4 Å². The van der Waals surface area contributed by atoms with Crippen LogP contribution in [-0.2, 0) is 0 Å². The predicted molar refractivity (Wildman–Crippen MR) is 69.8 cm³/mol. The quantitative estimate of drug-likeness (QED) is 0.285. The Morgan fingerprint density at radius 2 is 1.09 bits per heavy atom. The van der Waals surface area contributed by atoms with Gasteiger partial charge >= 0.3 is 17.1 Å². The summed E-state index contributed by atoms with van der Waals surface area (Å²) in [6.07, 6.45) is 0. The van der Waals surface area contributed by atoms with Crippen LogP contribution in [0.4, 0.5) is 0 Å². The molecule has 0 saturated heterocycles. The van der Waals surface area contributed by atoms with Gasteiger partial charge in [0.15, 0.2) is 0 Å². The maximum absolute atomic E-state index is 4.45. The van der Waals surface area contributed by atoms with Crippen LogP contribution in [0, 0.1) is 0 Å². The van der Waals surface area contributed by atoms with E-state index in [9.17, 15) is 0 Å². The maximum atomic E-state index is 4.45. The van der Waals surface area contributed by atoms with Gasteiger partial charge in [-0.15, -0.1) is 25.3 Å². The van der Waals surface area contributed by atoms with Crippen molar-refractivity contribution in [3.8, 4) is 0 Å². The van der Waals surface area contributed by atoms with Crippen molar-refractivity contribution in [3.63, 3.8) is 0 Å². The fourth-order valence-electron chi connectivity index (χ4n) is 0. The molecule has 0 heterocycles. The molecule has 7 heteroatoms. The zero-order chi connectivity index (χ0) is 8.57. The standard InChI is InChI=1S/2C2H5NS2.H2Se/c2*1-3-2(4)5;/h2*1H3,(H2,3,4,5);1H2. The summed E-state index contributed by atoms with van der Waals surface area (Å²) in [6, 6.07) is 0. The number of thiocarbonyl (C=S) groups is 2. The van der Waals surface area contributed by atoms with Crippen molar-refractivity contribution in [1.29, 1.82) is 0 Å². The van der Waals surface area contributed by atoms with E-state index in [2.05, 4.69) is 60.3 Å². The second-order valence-electron chi connectivity index (χ2n) is 1.11. The molecular weight excluding hydrogens is 283 g/mol. The van der Waals surface area contributed by atoms with Gasteiger partial charge in [0, 0.05) is 14.1 Å². The third-order valence-corrected chi connectivity index (χ3v) is 1.28. The van der Waals surface area contributed by atoms with Crippen LogP contribution in [0.15, 0.2) is 0 Å². The Kier molecular flexibility index (Phi) is 22.1. The van der Waals surface area contributed by atoms with Crippen molar-refractivity contribution in [2.24, 2.45) is 0 Å². The number of thiol groups is 2. The van der Waals surface area contributed by atoms with E-state index >= 15 is 0 Å². The molecule has 0 aromatic carbocycles. The zero-order valence-electron chi connectivity index (χ0n) is 6.21. The molecule has 0 amide bonds. The minimum absolute atomic E-state index is 0. The Morgan fingerprint density at radius 1 is 1.00 bits per heavy atom. The first kappa shape index (κ1) is 17.9. The van der Waals surface area contributed by atoms with Gasteiger partial charge in [-0.05, 0) is 0 Å². The summed E-state index contributed by atoms with van der Waals surface area (Å²) in [5.41, 5.74) is 0. The molecule has 0 aliphatic heterocycles. The molecule has 2 N–H and O–H groups in total. The van der Waals surface area contributed by atoms with Gasteiger partial charge in [-0.25, -0.2) is 0 Å². The monoisotopic (exact) mass is 296 g/mol. The van der Waals surface area contributed by atoms with E-state index in [-0.39, 0.29) is 17.1 Å². The van der Waals surface area contributed by atoms with Gasteiger partial charge in [0.05, 0.1) is 0 Å². The Hall–Kier alpha value is 0.999. The summed E-state index contributed by atoms with van der Waals surface area (Å²) in [7, 11) is 3.46. The van der Waals surface area contributed by atoms with Crippen LogP contribution in [-0.4, -0.2) is 39.8 Å². The van der Waals surface area contributed by atoms with Gasteiger partial charge in [-0.3, -0.25) is 0 Å². The molecule has 0 aromatic rings. The molecule has 2 nitrogen and oxygen atoms in total. The number of rotatable bonds is 0. The van der Waals surface area contributed by atoms with Crippen LogP contribution in [0.1, 0.15) is 0 Å². The summed E-state index contributed by atoms with van der Waals surface area (Å²) in [5, 5.41) is 5.25. The topological polar surface area (TPSA) is 24.1 Å². The number of hydrogen-bond acceptors (Lipinski definition) is 2. The fraction of sp³-hybridized carbons (Fsp3) is 0.500. The van der Waals surface area contributed by atoms with Crippen molar-refractivity contribution < 1.29 is 0 Å². The first-order chi connectivity index (χ1) is 4.54. The second-order valence-corrected chi connectivity index (χ2v) is 3.43. The van der Waals surface area contributed by atoms with Crippen molar-refractivity contribution in [3.05, 3.63) is 0 Å². The van der Waals surface area contributed by atoms with E-state index in [0.29, 0.717) is 8.64 Å². The van der Waals surface area contributed by atoms with Crippen LogP contribution >= 0.6 is 49.7 Å². The molecule has 0 atom stereocenters. The summed E-state index contributed by atoms with van der Waals surface area (Å²) in [6.45, 7) is 0. The molecule has 0 bridgehead atoms. The van der Waals surface area contributed by atoms with Gasteiger partial charge in [0.1, 0.15) is 8.64 Å². The molecule has 0 fully saturated rings. The Bertz CT molecular complexity index is 105. The summed E-state index contributed by atoms with van der Waals surface area (Å²) >= 11 is 16.3. The Balaban J connectivity index is -0.000000107. The van der Waals surface area contributed by atoms with Crippen molar-refractivity contribution in [2.75, 3.05) is 14.1 Å². The molecule has 11 heavy (non-hydrogen) atoms. The predicted octanol–water partition coefficient (Wildman–Crippen LogP) is -0.0752. The Labute approximate surface area is 99.6 Å². The van der Waals surface area contributed by atoms with E-state index in [1.54, 1.807) is 14.1 Å². The second kappa shape index (κ2) is 13.6. The summed E-state index contributed by atoms with van der Waals surface area (Å²) in [5.74, 6) is 0. The first-order valence-corrected chi connectivity index (χ1v) is 4.07. The molecular formula is C4H12N2S4Se. The normalized spacial score (nSPS) is 6.18. The van der Waals surface area contributed by atoms with Crippen LogP contribution in [0.2, 0.25) is 0 Å². The fourth-order valence-corrected chi connectivity index (χ4v) is 0. The number of hydrogen-bond donors (Lipinski definition) is 4. The summed E-state index contributed by atoms with van der Waals surface area (Å²) in [4.78, 5) is 0. The van der Waals surface area contributed by atoms with Gasteiger partial charge < -0.3 is 10.6 Å². The van der Waals surface area contributed by atoms with E-state index in [0.717, 1.165) is 0 Å². The average Bonchev–Trinajstić information content (AvgIpc) is 1.89. The Morgan fingerprint density at radius 3 is 1.09 bits per heavy atom. The van der Waals surface area contributed by atoms with Gasteiger partial charge in [0.2, 0.25) is 0 Å². The first-order valence-electron chi connectivity index (χ1n) is 2.36.